The highest BCUT2D eigenvalue weighted by atomic mass is 32.2. The maximum absolute atomic E-state index is 12.6. The summed E-state index contributed by atoms with van der Waals surface area (Å²) in [5.74, 6) is 0.533. The summed E-state index contributed by atoms with van der Waals surface area (Å²) < 4.78 is 12.6. The first-order valence-electron chi connectivity index (χ1n) is 7.29. The summed E-state index contributed by atoms with van der Waals surface area (Å²) in [6.45, 7) is 4.37. The van der Waals surface area contributed by atoms with Gasteiger partial charge in [-0.15, -0.1) is 0 Å². The Morgan fingerprint density at radius 3 is 2.47 bits per heavy atom. The molecule has 106 valence electrons. The first-order chi connectivity index (χ1) is 9.11. The van der Waals surface area contributed by atoms with Crippen LogP contribution in [-0.4, -0.2) is 22.5 Å². The molecule has 0 heterocycles. The van der Waals surface area contributed by atoms with Gasteiger partial charge in [-0.3, -0.25) is 4.21 Å². The molecule has 1 N–H and O–H groups in total. The first kappa shape index (κ1) is 14.7. The predicted octanol–water partition coefficient (Wildman–Crippen LogP) is 3.45. The monoisotopic (exact) mass is 279 g/mol. The molecular formula is C16H25NOS. The Bertz CT molecular complexity index is 427. The van der Waals surface area contributed by atoms with Crippen LogP contribution in [0, 0.1) is 0 Å². The molecule has 1 fully saturated rings. The molecule has 19 heavy (non-hydrogen) atoms. The van der Waals surface area contributed by atoms with Crippen molar-refractivity contribution in [2.45, 2.75) is 61.6 Å². The fraction of sp³-hybridized carbons (Fsp3) is 0.625. The average molecular weight is 279 g/mol. The second-order valence-electron chi connectivity index (χ2n) is 5.80. The van der Waals surface area contributed by atoms with E-state index >= 15 is 0 Å². The SMILES string of the molecule is CNC1CCCC(S(=O)c2ccc(C(C)C)cc2)C1. The molecule has 2 rings (SSSR count). The van der Waals surface area contributed by atoms with Crippen molar-refractivity contribution >= 4 is 10.8 Å². The van der Waals surface area contributed by atoms with Gasteiger partial charge in [0, 0.05) is 16.2 Å². The highest BCUT2D eigenvalue weighted by Gasteiger charge is 2.26. The van der Waals surface area contributed by atoms with Gasteiger partial charge in [-0.1, -0.05) is 32.4 Å². The molecule has 0 saturated heterocycles. The highest BCUT2D eigenvalue weighted by Crippen LogP contribution is 2.27. The van der Waals surface area contributed by atoms with E-state index in [1.807, 2.05) is 7.05 Å². The Hall–Kier alpha value is -0.670. The number of rotatable bonds is 4. The summed E-state index contributed by atoms with van der Waals surface area (Å²) in [7, 11) is 1.15. The lowest BCUT2D eigenvalue weighted by molar-refractivity contribution is 0.398. The van der Waals surface area contributed by atoms with Crippen LogP contribution in [0.4, 0.5) is 0 Å². The molecule has 3 atom stereocenters. The van der Waals surface area contributed by atoms with Crippen LogP contribution in [0.1, 0.15) is 51.0 Å². The molecule has 0 aliphatic heterocycles. The Morgan fingerprint density at radius 1 is 1.21 bits per heavy atom. The molecule has 0 amide bonds. The Morgan fingerprint density at radius 2 is 1.89 bits per heavy atom. The fourth-order valence-corrected chi connectivity index (χ4v) is 4.36. The van der Waals surface area contributed by atoms with Crippen molar-refractivity contribution in [2.75, 3.05) is 7.05 Å². The van der Waals surface area contributed by atoms with E-state index in [1.165, 1.54) is 18.4 Å². The molecule has 0 radical (unpaired) electrons. The van der Waals surface area contributed by atoms with E-state index in [0.29, 0.717) is 17.2 Å². The minimum absolute atomic E-state index is 0.316. The molecule has 1 saturated carbocycles. The lowest BCUT2D eigenvalue weighted by Gasteiger charge is -2.28. The van der Waals surface area contributed by atoms with E-state index in [2.05, 4.69) is 43.4 Å². The van der Waals surface area contributed by atoms with E-state index in [4.69, 9.17) is 0 Å². The Labute approximate surface area is 119 Å². The van der Waals surface area contributed by atoms with Crippen LogP contribution in [0.25, 0.3) is 0 Å². The average Bonchev–Trinajstić information content (AvgIpc) is 2.46. The molecule has 3 heteroatoms. The van der Waals surface area contributed by atoms with Crippen molar-refractivity contribution < 1.29 is 4.21 Å². The van der Waals surface area contributed by atoms with E-state index in [0.717, 1.165) is 17.7 Å². The van der Waals surface area contributed by atoms with Crippen molar-refractivity contribution in [1.82, 2.24) is 5.32 Å². The minimum Gasteiger partial charge on any atom is -0.317 e. The molecule has 0 spiro atoms. The molecule has 1 aliphatic rings. The van der Waals surface area contributed by atoms with Crippen molar-refractivity contribution in [1.29, 1.82) is 0 Å². The van der Waals surface area contributed by atoms with Gasteiger partial charge in [-0.2, -0.15) is 0 Å². The van der Waals surface area contributed by atoms with Crippen LogP contribution in [-0.2, 0) is 10.8 Å². The molecule has 0 bridgehead atoms. The summed E-state index contributed by atoms with van der Waals surface area (Å²) in [5.41, 5.74) is 1.32. The van der Waals surface area contributed by atoms with Crippen molar-refractivity contribution in [2.24, 2.45) is 0 Å². The third-order valence-electron chi connectivity index (χ3n) is 4.12. The van der Waals surface area contributed by atoms with Crippen molar-refractivity contribution in [3.05, 3.63) is 29.8 Å². The standard InChI is InChI=1S/C16H25NOS/c1-12(2)13-7-9-15(10-8-13)19(18)16-6-4-5-14(11-16)17-3/h7-10,12,14,16-17H,4-6,11H2,1-3H3. The predicted molar refractivity (Wildman–Crippen MR) is 82.0 cm³/mol. The summed E-state index contributed by atoms with van der Waals surface area (Å²) in [6.07, 6.45) is 4.54. The van der Waals surface area contributed by atoms with Crippen molar-refractivity contribution in [3.8, 4) is 0 Å². The molecule has 2 nitrogen and oxygen atoms in total. The Kier molecular flexibility index (Phi) is 5.17. The third-order valence-corrected chi connectivity index (χ3v) is 5.89. The lowest BCUT2D eigenvalue weighted by atomic mass is 9.95. The van der Waals surface area contributed by atoms with Gasteiger partial charge in [0.25, 0.3) is 0 Å². The molecule has 1 aliphatic carbocycles. The van der Waals surface area contributed by atoms with Crippen LogP contribution >= 0.6 is 0 Å². The molecule has 1 aromatic rings. The second-order valence-corrected chi connectivity index (χ2v) is 7.53. The largest absolute Gasteiger partial charge is 0.317 e. The highest BCUT2D eigenvalue weighted by molar-refractivity contribution is 7.85. The second kappa shape index (κ2) is 6.67. The maximum atomic E-state index is 12.6. The van der Waals surface area contributed by atoms with Gasteiger partial charge in [-0.25, -0.2) is 0 Å². The molecule has 0 aromatic heterocycles. The van der Waals surface area contributed by atoms with Gasteiger partial charge in [0.15, 0.2) is 0 Å². The lowest BCUT2D eigenvalue weighted by Crippen LogP contribution is -2.35. The molecule has 3 unspecified atom stereocenters. The number of hydrogen-bond donors (Lipinski definition) is 1. The zero-order chi connectivity index (χ0) is 13.8. The van der Waals surface area contributed by atoms with Gasteiger partial charge in [0.2, 0.25) is 0 Å². The van der Waals surface area contributed by atoms with E-state index in [1.54, 1.807) is 0 Å². The third kappa shape index (κ3) is 3.67. The van der Waals surface area contributed by atoms with E-state index in [9.17, 15) is 4.21 Å². The number of benzene rings is 1. The van der Waals surface area contributed by atoms with Gasteiger partial charge < -0.3 is 5.32 Å². The number of hydrogen-bond acceptors (Lipinski definition) is 2. The zero-order valence-corrected chi connectivity index (χ0v) is 13.0. The summed E-state index contributed by atoms with van der Waals surface area (Å²) in [6, 6.07) is 8.88. The summed E-state index contributed by atoms with van der Waals surface area (Å²) in [4.78, 5) is 0.992. The smallest absolute Gasteiger partial charge is 0.0561 e. The summed E-state index contributed by atoms with van der Waals surface area (Å²) >= 11 is 0. The van der Waals surface area contributed by atoms with Gasteiger partial charge in [-0.05, 0) is 49.9 Å². The van der Waals surface area contributed by atoms with Crippen LogP contribution < -0.4 is 5.32 Å². The fourth-order valence-electron chi connectivity index (χ4n) is 2.78. The summed E-state index contributed by atoms with van der Waals surface area (Å²) in [5, 5.41) is 3.65. The van der Waals surface area contributed by atoms with E-state index in [-0.39, 0.29) is 0 Å². The van der Waals surface area contributed by atoms with Gasteiger partial charge in [0.1, 0.15) is 0 Å². The maximum Gasteiger partial charge on any atom is 0.0561 e. The molecular weight excluding hydrogens is 254 g/mol. The van der Waals surface area contributed by atoms with Gasteiger partial charge in [0.05, 0.1) is 10.8 Å². The van der Waals surface area contributed by atoms with Crippen LogP contribution in [0.3, 0.4) is 0 Å². The van der Waals surface area contributed by atoms with Crippen LogP contribution in [0.15, 0.2) is 29.2 Å². The number of nitrogens with one attached hydrogen (secondary N) is 1. The van der Waals surface area contributed by atoms with Crippen molar-refractivity contribution in [3.63, 3.8) is 0 Å². The minimum atomic E-state index is -0.854. The topological polar surface area (TPSA) is 29.1 Å². The molecule has 1 aromatic carbocycles. The Balaban J connectivity index is 2.06. The zero-order valence-electron chi connectivity index (χ0n) is 12.2. The van der Waals surface area contributed by atoms with Crippen LogP contribution in [0.2, 0.25) is 0 Å². The first-order valence-corrected chi connectivity index (χ1v) is 8.51. The van der Waals surface area contributed by atoms with Gasteiger partial charge >= 0.3 is 0 Å². The van der Waals surface area contributed by atoms with Crippen LogP contribution in [0.5, 0.6) is 0 Å². The normalized spacial score (nSPS) is 25.5. The van der Waals surface area contributed by atoms with E-state index < -0.39 is 10.8 Å². The quantitative estimate of drug-likeness (QED) is 0.914.